The predicted octanol–water partition coefficient (Wildman–Crippen LogP) is 4.00. The van der Waals surface area contributed by atoms with Gasteiger partial charge in [-0.25, -0.2) is 14.2 Å². The van der Waals surface area contributed by atoms with E-state index in [9.17, 15) is 19.1 Å². The first kappa shape index (κ1) is 20.9. The lowest BCUT2D eigenvalue weighted by molar-refractivity contribution is 0.101. The van der Waals surface area contributed by atoms with E-state index in [0.717, 1.165) is 0 Å². The number of carbonyl (C=O) groups is 1. The van der Waals surface area contributed by atoms with E-state index < -0.39 is 23.0 Å². The van der Waals surface area contributed by atoms with Crippen molar-refractivity contribution in [3.63, 3.8) is 0 Å². The second-order valence-corrected chi connectivity index (χ2v) is 8.34. The number of aromatic nitrogens is 3. The van der Waals surface area contributed by atoms with Crippen molar-refractivity contribution in [3.05, 3.63) is 63.1 Å². The van der Waals surface area contributed by atoms with Gasteiger partial charge in [0.15, 0.2) is 0 Å². The van der Waals surface area contributed by atoms with Gasteiger partial charge in [0, 0.05) is 29.2 Å². The minimum atomic E-state index is -1.08. The summed E-state index contributed by atoms with van der Waals surface area (Å²) in [7, 11) is 0. The second-order valence-electron chi connectivity index (χ2n) is 7.49. The third-order valence-electron chi connectivity index (χ3n) is 4.50. The van der Waals surface area contributed by atoms with Gasteiger partial charge in [0.25, 0.3) is 5.56 Å². The zero-order valence-electron chi connectivity index (χ0n) is 16.2. The van der Waals surface area contributed by atoms with Gasteiger partial charge in [0.1, 0.15) is 17.2 Å². The number of carboxylic acid groups (broad SMARTS) is 1. The molecule has 0 spiro atoms. The van der Waals surface area contributed by atoms with Crippen molar-refractivity contribution in [1.29, 1.82) is 0 Å². The Hall–Kier alpha value is -2.81. The molecule has 0 bridgehead atoms. The predicted molar refractivity (Wildman–Crippen MR) is 111 cm³/mol. The van der Waals surface area contributed by atoms with E-state index in [0.29, 0.717) is 10.2 Å². The zero-order valence-corrected chi connectivity index (χ0v) is 17.8. The Morgan fingerprint density at radius 3 is 2.62 bits per heavy atom. The molecular formula is C20H20BrFN4O3. The Balaban J connectivity index is 2.21. The van der Waals surface area contributed by atoms with Gasteiger partial charge in [0.05, 0.1) is 17.3 Å². The fraction of sp³-hybridized carbons (Fsp3) is 0.300. The molecule has 29 heavy (non-hydrogen) atoms. The van der Waals surface area contributed by atoms with E-state index in [2.05, 4.69) is 25.9 Å². The number of hydrogen-bond donors (Lipinski definition) is 1. The van der Waals surface area contributed by atoms with Crippen LogP contribution in [0.5, 0.6) is 0 Å². The van der Waals surface area contributed by atoms with Crippen LogP contribution in [0.2, 0.25) is 0 Å². The van der Waals surface area contributed by atoms with Crippen LogP contribution in [0.15, 0.2) is 45.9 Å². The highest BCUT2D eigenvalue weighted by molar-refractivity contribution is 9.10. The lowest BCUT2D eigenvalue weighted by Crippen LogP contribution is -2.46. The van der Waals surface area contributed by atoms with E-state index >= 15 is 0 Å². The minimum Gasteiger partial charge on any atom is -0.465 e. The second kappa shape index (κ2) is 7.90. The van der Waals surface area contributed by atoms with Crippen molar-refractivity contribution in [3.8, 4) is 5.69 Å². The standard InChI is InChI=1S/C20H20BrFN4O3/c1-20(2,3)25(19(28)29)10-8-15-24-17-14(22)7-6-13(21)16(17)18(27)26(15)12-5-4-9-23-11-12/h4-7,9,11H,8,10H2,1-3H3,(H,28,29). The van der Waals surface area contributed by atoms with Gasteiger partial charge in [-0.2, -0.15) is 0 Å². The van der Waals surface area contributed by atoms with Gasteiger partial charge in [-0.3, -0.25) is 14.3 Å². The molecule has 0 unspecified atom stereocenters. The molecule has 0 aliphatic rings. The Kier molecular flexibility index (Phi) is 5.70. The highest BCUT2D eigenvalue weighted by Gasteiger charge is 2.27. The summed E-state index contributed by atoms with van der Waals surface area (Å²) in [5, 5.41) is 9.66. The number of benzene rings is 1. The Labute approximate surface area is 175 Å². The molecule has 1 N–H and O–H groups in total. The molecule has 152 valence electrons. The van der Waals surface area contributed by atoms with Crippen molar-refractivity contribution in [2.75, 3.05) is 6.54 Å². The molecule has 3 rings (SSSR count). The molecule has 0 fully saturated rings. The Morgan fingerprint density at radius 2 is 2.03 bits per heavy atom. The summed E-state index contributed by atoms with van der Waals surface area (Å²) in [6.07, 6.45) is 2.12. The summed E-state index contributed by atoms with van der Waals surface area (Å²) in [5.74, 6) is -0.367. The first-order valence-corrected chi connectivity index (χ1v) is 9.71. The maximum Gasteiger partial charge on any atom is 0.407 e. The molecule has 0 radical (unpaired) electrons. The third-order valence-corrected chi connectivity index (χ3v) is 5.16. The molecule has 9 heteroatoms. The maximum atomic E-state index is 14.4. The van der Waals surface area contributed by atoms with Crippen molar-refractivity contribution in [2.45, 2.75) is 32.7 Å². The van der Waals surface area contributed by atoms with Crippen molar-refractivity contribution in [2.24, 2.45) is 0 Å². The molecule has 7 nitrogen and oxygen atoms in total. The highest BCUT2D eigenvalue weighted by Crippen LogP contribution is 2.24. The summed E-state index contributed by atoms with van der Waals surface area (Å²) < 4.78 is 16.2. The fourth-order valence-corrected chi connectivity index (χ4v) is 3.60. The fourth-order valence-electron chi connectivity index (χ4n) is 3.11. The number of amides is 1. The number of nitrogens with zero attached hydrogens (tertiary/aromatic N) is 4. The van der Waals surface area contributed by atoms with Gasteiger partial charge in [0.2, 0.25) is 0 Å². The van der Waals surface area contributed by atoms with Crippen LogP contribution in [-0.2, 0) is 6.42 Å². The summed E-state index contributed by atoms with van der Waals surface area (Å²) >= 11 is 3.30. The van der Waals surface area contributed by atoms with Crippen LogP contribution < -0.4 is 5.56 Å². The first-order valence-electron chi connectivity index (χ1n) is 8.92. The molecule has 0 saturated heterocycles. The topological polar surface area (TPSA) is 88.3 Å². The molecule has 0 saturated carbocycles. The van der Waals surface area contributed by atoms with Gasteiger partial charge in [-0.1, -0.05) is 0 Å². The number of rotatable bonds is 4. The van der Waals surface area contributed by atoms with E-state index in [1.807, 2.05) is 0 Å². The number of hydrogen-bond acceptors (Lipinski definition) is 4. The molecule has 2 heterocycles. The SMILES string of the molecule is CC(C)(C)N(CCc1nc2c(F)ccc(Br)c2c(=O)n1-c1cccnc1)C(=O)O. The van der Waals surface area contributed by atoms with E-state index in [-0.39, 0.29) is 29.7 Å². The molecule has 0 aliphatic heterocycles. The van der Waals surface area contributed by atoms with Gasteiger partial charge >= 0.3 is 6.09 Å². The summed E-state index contributed by atoms with van der Waals surface area (Å²) in [6.45, 7) is 5.42. The van der Waals surface area contributed by atoms with Crippen LogP contribution in [0.25, 0.3) is 16.6 Å². The minimum absolute atomic E-state index is 0.0582. The van der Waals surface area contributed by atoms with Crippen LogP contribution >= 0.6 is 15.9 Å². The van der Waals surface area contributed by atoms with Crippen LogP contribution in [0.1, 0.15) is 26.6 Å². The largest absolute Gasteiger partial charge is 0.465 e. The molecule has 0 aliphatic carbocycles. The average molecular weight is 463 g/mol. The molecular weight excluding hydrogens is 443 g/mol. The normalized spacial score (nSPS) is 11.6. The molecule has 1 aromatic carbocycles. The third kappa shape index (κ3) is 4.14. The first-order chi connectivity index (χ1) is 13.6. The molecule has 3 aromatic rings. The molecule has 2 aromatic heterocycles. The highest BCUT2D eigenvalue weighted by atomic mass is 79.9. The zero-order chi connectivity index (χ0) is 21.3. The Bertz CT molecular complexity index is 1130. The van der Waals surface area contributed by atoms with Crippen LogP contribution in [-0.4, -0.2) is 42.7 Å². The molecule has 1 amide bonds. The smallest absolute Gasteiger partial charge is 0.407 e. The van der Waals surface area contributed by atoms with Crippen LogP contribution in [0.3, 0.4) is 0 Å². The van der Waals surface area contributed by atoms with Crippen molar-refractivity contribution >= 4 is 32.9 Å². The van der Waals surface area contributed by atoms with Crippen LogP contribution in [0, 0.1) is 5.82 Å². The summed E-state index contributed by atoms with van der Waals surface area (Å²) in [6, 6.07) is 6.06. The summed E-state index contributed by atoms with van der Waals surface area (Å²) in [5.41, 5.74) is -0.689. The molecule has 0 atom stereocenters. The summed E-state index contributed by atoms with van der Waals surface area (Å²) in [4.78, 5) is 34.6. The number of pyridine rings is 1. The average Bonchev–Trinajstić information content (AvgIpc) is 2.64. The maximum absolute atomic E-state index is 14.4. The van der Waals surface area contributed by atoms with Crippen LogP contribution in [0.4, 0.5) is 9.18 Å². The lowest BCUT2D eigenvalue weighted by Gasteiger charge is -2.33. The number of fused-ring (bicyclic) bond motifs is 1. The van der Waals surface area contributed by atoms with Gasteiger partial charge < -0.3 is 10.0 Å². The van der Waals surface area contributed by atoms with Gasteiger partial charge in [-0.15, -0.1) is 0 Å². The van der Waals surface area contributed by atoms with Crippen molar-refractivity contribution in [1.82, 2.24) is 19.4 Å². The van der Waals surface area contributed by atoms with E-state index in [4.69, 9.17) is 0 Å². The van der Waals surface area contributed by atoms with E-state index in [1.54, 1.807) is 39.1 Å². The van der Waals surface area contributed by atoms with Gasteiger partial charge in [-0.05, 0) is 61.0 Å². The van der Waals surface area contributed by atoms with E-state index in [1.165, 1.54) is 27.8 Å². The monoisotopic (exact) mass is 462 g/mol. The number of halogens is 2. The quantitative estimate of drug-likeness (QED) is 0.632. The van der Waals surface area contributed by atoms with Crippen molar-refractivity contribution < 1.29 is 14.3 Å². The Morgan fingerprint density at radius 1 is 1.31 bits per heavy atom. The lowest BCUT2D eigenvalue weighted by atomic mass is 10.1.